The monoisotopic (exact) mass is 308 g/mol. The van der Waals surface area contributed by atoms with E-state index < -0.39 is 8.32 Å². The largest absolute Gasteiger partial charge is 0.493 e. The van der Waals surface area contributed by atoms with Gasteiger partial charge in [0, 0.05) is 18.1 Å². The number of hydrogen-bond donors (Lipinski definition) is 1. The van der Waals surface area contributed by atoms with E-state index in [0.29, 0.717) is 13.0 Å². The Morgan fingerprint density at radius 2 is 1.95 bits per heavy atom. The minimum Gasteiger partial charge on any atom is -0.493 e. The number of fused-ring (bicyclic) bond motifs is 1. The zero-order valence-electron chi connectivity index (χ0n) is 13.8. The molecule has 0 amide bonds. The topological polar surface area (TPSA) is 38.7 Å². The Morgan fingerprint density at radius 1 is 1.29 bits per heavy atom. The van der Waals surface area contributed by atoms with Gasteiger partial charge in [0.25, 0.3) is 0 Å². The summed E-state index contributed by atoms with van der Waals surface area (Å²) < 4.78 is 12.5. The fourth-order valence-electron chi connectivity index (χ4n) is 2.44. The minimum atomic E-state index is -1.87. The van der Waals surface area contributed by atoms with Crippen LogP contribution in [0.2, 0.25) is 18.1 Å². The van der Waals surface area contributed by atoms with Gasteiger partial charge in [-0.1, -0.05) is 39.0 Å². The molecular formula is C17H28O3Si. The molecular weight excluding hydrogens is 280 g/mol. The summed E-state index contributed by atoms with van der Waals surface area (Å²) in [7, 11) is -1.87. The van der Waals surface area contributed by atoms with E-state index >= 15 is 0 Å². The first-order valence-corrected chi connectivity index (χ1v) is 10.7. The van der Waals surface area contributed by atoms with Crippen molar-refractivity contribution >= 4 is 8.32 Å². The highest BCUT2D eigenvalue weighted by Gasteiger charge is 2.42. The Balaban J connectivity index is 2.32. The van der Waals surface area contributed by atoms with Crippen molar-refractivity contribution in [2.24, 2.45) is 5.92 Å². The lowest BCUT2D eigenvalue weighted by Crippen LogP contribution is -2.44. The average molecular weight is 308 g/mol. The van der Waals surface area contributed by atoms with E-state index in [-0.39, 0.29) is 23.7 Å². The molecule has 0 bridgehead atoms. The molecule has 2 unspecified atom stereocenters. The normalized spacial score (nSPS) is 22.6. The highest BCUT2D eigenvalue weighted by molar-refractivity contribution is 6.74. The maximum Gasteiger partial charge on any atom is 0.192 e. The number of aliphatic hydroxyl groups is 1. The number of benzene rings is 1. The van der Waals surface area contributed by atoms with Gasteiger partial charge in [-0.15, -0.1) is 0 Å². The van der Waals surface area contributed by atoms with Crippen molar-refractivity contribution in [3.05, 3.63) is 29.8 Å². The standard InChI is InChI=1S/C17H28O3Si/c1-17(2,3)21(4,5)20-16-13(10-11-18)12-19-15-9-7-6-8-14(15)16/h6-9,13,16,18H,10-12H2,1-5H3. The molecule has 0 aliphatic carbocycles. The lowest BCUT2D eigenvalue weighted by atomic mass is 9.91. The highest BCUT2D eigenvalue weighted by atomic mass is 28.4. The molecule has 1 aliphatic rings. The van der Waals surface area contributed by atoms with Gasteiger partial charge < -0.3 is 14.3 Å². The fourth-order valence-corrected chi connectivity index (χ4v) is 3.75. The van der Waals surface area contributed by atoms with Gasteiger partial charge in [-0.3, -0.25) is 0 Å². The van der Waals surface area contributed by atoms with Crippen molar-refractivity contribution in [1.29, 1.82) is 0 Å². The quantitative estimate of drug-likeness (QED) is 0.850. The number of aliphatic hydroxyl groups excluding tert-OH is 1. The van der Waals surface area contributed by atoms with Crippen LogP contribution < -0.4 is 4.74 Å². The molecule has 0 fully saturated rings. The summed E-state index contributed by atoms with van der Waals surface area (Å²) in [5.41, 5.74) is 1.13. The van der Waals surface area contributed by atoms with E-state index in [0.717, 1.165) is 11.3 Å². The molecule has 1 heterocycles. The van der Waals surface area contributed by atoms with Crippen LogP contribution in [0, 0.1) is 5.92 Å². The molecule has 2 atom stereocenters. The third-order valence-electron chi connectivity index (χ3n) is 4.83. The van der Waals surface area contributed by atoms with Crippen LogP contribution in [0.25, 0.3) is 0 Å². The summed E-state index contributed by atoms with van der Waals surface area (Å²) in [6, 6.07) is 8.13. The first-order chi connectivity index (χ1) is 9.76. The average Bonchev–Trinajstić information content (AvgIpc) is 2.40. The Morgan fingerprint density at radius 3 is 2.57 bits per heavy atom. The van der Waals surface area contributed by atoms with Crippen LogP contribution in [0.15, 0.2) is 24.3 Å². The van der Waals surface area contributed by atoms with Gasteiger partial charge in [-0.25, -0.2) is 0 Å². The molecule has 0 saturated heterocycles. The summed E-state index contributed by atoms with van der Waals surface area (Å²) >= 11 is 0. The predicted molar refractivity (Wildman–Crippen MR) is 88.2 cm³/mol. The van der Waals surface area contributed by atoms with E-state index in [1.165, 1.54) is 0 Å². The molecule has 0 radical (unpaired) electrons. The first kappa shape index (κ1) is 16.5. The van der Waals surface area contributed by atoms with Crippen LogP contribution in [0.3, 0.4) is 0 Å². The first-order valence-electron chi connectivity index (χ1n) is 7.76. The van der Waals surface area contributed by atoms with Gasteiger partial charge in [0.2, 0.25) is 0 Å². The van der Waals surface area contributed by atoms with Crippen molar-refractivity contribution < 1.29 is 14.3 Å². The number of para-hydroxylation sites is 1. The van der Waals surface area contributed by atoms with Crippen LogP contribution in [0.5, 0.6) is 5.75 Å². The van der Waals surface area contributed by atoms with Gasteiger partial charge in [-0.05, 0) is 30.6 Å². The molecule has 4 heteroatoms. The van der Waals surface area contributed by atoms with Gasteiger partial charge in [0.05, 0.1) is 12.7 Å². The van der Waals surface area contributed by atoms with E-state index in [4.69, 9.17) is 9.16 Å². The molecule has 118 valence electrons. The van der Waals surface area contributed by atoms with Crippen molar-refractivity contribution in [1.82, 2.24) is 0 Å². The maximum atomic E-state index is 9.34. The third kappa shape index (κ3) is 3.50. The lowest BCUT2D eigenvalue weighted by molar-refractivity contribution is 0.0444. The lowest BCUT2D eigenvalue weighted by Gasteiger charge is -2.43. The Labute approximate surface area is 129 Å². The predicted octanol–water partition coefficient (Wildman–Crippen LogP) is 4.14. The molecule has 0 aromatic heterocycles. The SMILES string of the molecule is CC(C)(C)[Si](C)(C)OC1c2ccccc2OCC1CCO. The van der Waals surface area contributed by atoms with Gasteiger partial charge in [0.15, 0.2) is 8.32 Å². The van der Waals surface area contributed by atoms with Crippen LogP contribution in [0.1, 0.15) is 38.9 Å². The zero-order valence-corrected chi connectivity index (χ0v) is 14.8. The second-order valence-electron chi connectivity index (χ2n) is 7.42. The molecule has 2 rings (SSSR count). The van der Waals surface area contributed by atoms with Crippen LogP contribution >= 0.6 is 0 Å². The Hall–Kier alpha value is -0.843. The summed E-state index contributed by atoms with van der Waals surface area (Å²) in [4.78, 5) is 0. The van der Waals surface area contributed by atoms with Crippen molar-refractivity contribution in [2.45, 2.75) is 51.4 Å². The second kappa shape index (κ2) is 6.11. The summed E-state index contributed by atoms with van der Waals surface area (Å²) in [6.45, 7) is 12.1. The zero-order chi connectivity index (χ0) is 15.7. The number of hydrogen-bond acceptors (Lipinski definition) is 3. The van der Waals surface area contributed by atoms with Crippen LogP contribution in [-0.4, -0.2) is 26.6 Å². The molecule has 1 aromatic carbocycles. The Kier molecular flexibility index (Phi) is 4.81. The number of rotatable bonds is 4. The van der Waals surface area contributed by atoms with Crippen molar-refractivity contribution in [2.75, 3.05) is 13.2 Å². The van der Waals surface area contributed by atoms with Gasteiger partial charge in [0.1, 0.15) is 5.75 Å². The van der Waals surface area contributed by atoms with E-state index in [1.54, 1.807) is 0 Å². The van der Waals surface area contributed by atoms with Crippen molar-refractivity contribution in [3.63, 3.8) is 0 Å². The molecule has 1 N–H and O–H groups in total. The van der Waals surface area contributed by atoms with E-state index in [2.05, 4.69) is 39.9 Å². The molecule has 1 aromatic rings. The maximum absolute atomic E-state index is 9.34. The van der Waals surface area contributed by atoms with Gasteiger partial charge >= 0.3 is 0 Å². The third-order valence-corrected chi connectivity index (χ3v) is 9.29. The van der Waals surface area contributed by atoms with Crippen LogP contribution in [-0.2, 0) is 4.43 Å². The molecule has 0 spiro atoms. The highest BCUT2D eigenvalue weighted by Crippen LogP contribution is 2.45. The molecule has 3 nitrogen and oxygen atoms in total. The molecule has 0 saturated carbocycles. The van der Waals surface area contributed by atoms with E-state index in [9.17, 15) is 5.11 Å². The smallest absolute Gasteiger partial charge is 0.192 e. The summed E-state index contributed by atoms with van der Waals surface area (Å²) in [5.74, 6) is 1.15. The van der Waals surface area contributed by atoms with Crippen LogP contribution in [0.4, 0.5) is 0 Å². The second-order valence-corrected chi connectivity index (χ2v) is 12.2. The molecule has 1 aliphatic heterocycles. The minimum absolute atomic E-state index is 0.0305. The van der Waals surface area contributed by atoms with E-state index in [1.807, 2.05) is 18.2 Å². The number of ether oxygens (including phenoxy) is 1. The summed E-state index contributed by atoms with van der Waals surface area (Å²) in [6.07, 6.45) is 0.746. The summed E-state index contributed by atoms with van der Waals surface area (Å²) in [5, 5.41) is 9.51. The van der Waals surface area contributed by atoms with Gasteiger partial charge in [-0.2, -0.15) is 0 Å². The fraction of sp³-hybridized carbons (Fsp3) is 0.647. The Bertz CT molecular complexity index is 479. The molecule has 21 heavy (non-hydrogen) atoms. The van der Waals surface area contributed by atoms with Crippen molar-refractivity contribution in [3.8, 4) is 5.75 Å².